The summed E-state index contributed by atoms with van der Waals surface area (Å²) in [5.41, 5.74) is 6.43. The second-order valence-corrected chi connectivity index (χ2v) is 19.2. The number of hydrogen-bond acceptors (Lipinski definition) is 4. The number of benzene rings is 4. The van der Waals surface area contributed by atoms with Gasteiger partial charge in [-0.2, -0.15) is 0 Å². The molecule has 232 valence electrons. The maximum absolute atomic E-state index is 14.3. The van der Waals surface area contributed by atoms with Crippen molar-refractivity contribution in [2.24, 2.45) is 0 Å². The average molecular weight is 618 g/mol. The molecule has 0 unspecified atom stereocenters. The van der Waals surface area contributed by atoms with Crippen molar-refractivity contribution in [1.29, 1.82) is 0 Å². The summed E-state index contributed by atoms with van der Waals surface area (Å²) in [7, 11) is -2.19. The van der Waals surface area contributed by atoms with Gasteiger partial charge in [-0.1, -0.05) is 102 Å². The van der Waals surface area contributed by atoms with Crippen molar-refractivity contribution in [3.63, 3.8) is 0 Å². The summed E-state index contributed by atoms with van der Waals surface area (Å²) in [5.74, 6) is 0.985. The summed E-state index contributed by atoms with van der Waals surface area (Å²) < 4.78 is 13.8. The van der Waals surface area contributed by atoms with Gasteiger partial charge in [-0.05, 0) is 70.9 Å². The molecule has 0 saturated carbocycles. The minimum Gasteiger partial charge on any atom is -0.543 e. The highest BCUT2D eigenvalue weighted by Gasteiger charge is 2.48. The Morgan fingerprint density at radius 2 is 1.29 bits per heavy atom. The molecule has 6 rings (SSSR count). The molecule has 4 aromatic rings. The lowest BCUT2D eigenvalue weighted by Gasteiger charge is -2.42. The fourth-order valence-corrected chi connectivity index (χ4v) is 13.1. The summed E-state index contributed by atoms with van der Waals surface area (Å²) in [6.45, 7) is 17.9. The summed E-state index contributed by atoms with van der Waals surface area (Å²) >= 11 is 0. The largest absolute Gasteiger partial charge is 0.543 e. The third-order valence-electron chi connectivity index (χ3n) is 9.73. The predicted octanol–water partition coefficient (Wildman–Crippen LogP) is 10.00. The minimum atomic E-state index is -2.19. The molecule has 0 aliphatic carbocycles. The number of imide groups is 1. The Balaban J connectivity index is 1.54. The van der Waals surface area contributed by atoms with Crippen molar-refractivity contribution in [1.82, 2.24) is 4.90 Å². The highest BCUT2D eigenvalue weighted by molar-refractivity contribution is 6.78. The fraction of sp³-hybridized carbons (Fsp3) is 0.333. The van der Waals surface area contributed by atoms with Crippen LogP contribution < -0.4 is 9.16 Å². The van der Waals surface area contributed by atoms with Crippen LogP contribution in [0.3, 0.4) is 0 Å². The molecule has 0 radical (unpaired) electrons. The van der Waals surface area contributed by atoms with Crippen LogP contribution in [0.25, 0.3) is 22.3 Å². The number of fused-ring (bicyclic) bond motifs is 5. The van der Waals surface area contributed by atoms with Gasteiger partial charge < -0.3 is 9.16 Å². The van der Waals surface area contributed by atoms with Crippen molar-refractivity contribution in [3.05, 3.63) is 107 Å². The van der Waals surface area contributed by atoms with Gasteiger partial charge in [-0.15, -0.1) is 0 Å². The SMILES string of the molecule is CC(C)[Si](Oc1ccc2c(c1)OC(C)(C)c1c-2cc(-c2ccccc2)c2c1C(=O)N(Cc1ccccc1)C2=O)(C(C)C)C(C)C. The molecule has 6 heteroatoms. The van der Waals surface area contributed by atoms with E-state index in [4.69, 9.17) is 9.16 Å². The highest BCUT2D eigenvalue weighted by Crippen LogP contribution is 2.52. The second-order valence-electron chi connectivity index (χ2n) is 13.8. The van der Waals surface area contributed by atoms with Crippen LogP contribution in [0.15, 0.2) is 84.9 Å². The Hall–Kier alpha value is -4.16. The van der Waals surface area contributed by atoms with E-state index in [0.717, 1.165) is 44.9 Å². The van der Waals surface area contributed by atoms with Gasteiger partial charge in [0.1, 0.15) is 17.1 Å². The number of hydrogen-bond donors (Lipinski definition) is 0. The molecule has 4 aromatic carbocycles. The topological polar surface area (TPSA) is 55.8 Å². The van der Waals surface area contributed by atoms with Crippen LogP contribution >= 0.6 is 0 Å². The third-order valence-corrected chi connectivity index (χ3v) is 15.7. The zero-order valence-corrected chi connectivity index (χ0v) is 28.6. The molecule has 0 N–H and O–H groups in total. The zero-order valence-electron chi connectivity index (χ0n) is 27.6. The number of carbonyl (C=O) groups is 2. The molecule has 2 amide bonds. The molecule has 45 heavy (non-hydrogen) atoms. The van der Waals surface area contributed by atoms with E-state index >= 15 is 0 Å². The van der Waals surface area contributed by atoms with E-state index in [2.05, 4.69) is 53.7 Å². The van der Waals surface area contributed by atoms with Gasteiger partial charge in [0, 0.05) is 17.2 Å². The van der Waals surface area contributed by atoms with Crippen LogP contribution in [0, 0.1) is 0 Å². The van der Waals surface area contributed by atoms with Crippen molar-refractivity contribution < 1.29 is 18.8 Å². The van der Waals surface area contributed by atoms with Gasteiger partial charge >= 0.3 is 0 Å². The zero-order chi connectivity index (χ0) is 32.3. The third kappa shape index (κ3) is 5.00. The lowest BCUT2D eigenvalue weighted by Crippen LogP contribution is -2.50. The standard InChI is InChI=1S/C39H43NO4Si/c1-24(2)45(25(3)4,26(5)6)44-29-19-20-30-32-22-31(28-17-13-10-14-18-28)34-35(36(32)39(7,8)43-33(30)21-29)38(42)40(37(34)41)23-27-15-11-9-12-16-27/h9-22,24-26H,23H2,1-8H3. The Labute approximate surface area is 268 Å². The summed E-state index contributed by atoms with van der Waals surface area (Å²) in [4.78, 5) is 29.8. The van der Waals surface area contributed by atoms with Crippen molar-refractivity contribution >= 4 is 20.1 Å². The van der Waals surface area contributed by atoms with Crippen molar-refractivity contribution in [3.8, 4) is 33.8 Å². The van der Waals surface area contributed by atoms with Crippen LogP contribution in [0.4, 0.5) is 0 Å². The molecule has 5 nitrogen and oxygen atoms in total. The molecule has 0 saturated heterocycles. The number of rotatable bonds is 8. The molecular weight excluding hydrogens is 575 g/mol. The lowest BCUT2D eigenvalue weighted by atomic mass is 9.79. The Bertz CT molecular complexity index is 1750. The summed E-state index contributed by atoms with van der Waals surface area (Å²) in [6, 6.07) is 27.7. The maximum atomic E-state index is 14.3. The summed E-state index contributed by atoms with van der Waals surface area (Å²) in [5, 5.41) is 0. The van der Waals surface area contributed by atoms with E-state index in [9.17, 15) is 9.59 Å². The van der Waals surface area contributed by atoms with E-state index in [1.165, 1.54) is 4.90 Å². The molecule has 2 aliphatic rings. The van der Waals surface area contributed by atoms with Crippen LogP contribution in [-0.4, -0.2) is 25.0 Å². The van der Waals surface area contributed by atoms with E-state index in [1.54, 1.807) is 0 Å². The highest BCUT2D eigenvalue weighted by atomic mass is 28.4. The summed E-state index contributed by atoms with van der Waals surface area (Å²) in [6.07, 6.45) is 0. The predicted molar refractivity (Wildman–Crippen MR) is 183 cm³/mol. The van der Waals surface area contributed by atoms with E-state index in [1.807, 2.05) is 86.6 Å². The maximum Gasteiger partial charge on any atom is 0.262 e. The van der Waals surface area contributed by atoms with Gasteiger partial charge in [0.05, 0.1) is 17.7 Å². The van der Waals surface area contributed by atoms with E-state index < -0.39 is 13.9 Å². The molecule has 2 heterocycles. The van der Waals surface area contributed by atoms with Crippen molar-refractivity contribution in [2.75, 3.05) is 0 Å². The van der Waals surface area contributed by atoms with Crippen LogP contribution in [0.5, 0.6) is 11.5 Å². The molecular formula is C39H43NO4Si. The molecule has 0 spiro atoms. The lowest BCUT2D eigenvalue weighted by molar-refractivity contribution is 0.0634. The minimum absolute atomic E-state index is 0.210. The first-order valence-corrected chi connectivity index (χ1v) is 18.2. The molecule has 0 atom stereocenters. The Kier molecular flexibility index (Phi) is 7.76. The number of amides is 2. The number of ether oxygens (including phenoxy) is 1. The van der Waals surface area contributed by atoms with Gasteiger partial charge in [-0.3, -0.25) is 14.5 Å². The molecule has 0 fully saturated rings. The molecule has 0 bridgehead atoms. The van der Waals surface area contributed by atoms with Crippen LogP contribution in [-0.2, 0) is 12.1 Å². The first-order chi connectivity index (χ1) is 21.4. The smallest absolute Gasteiger partial charge is 0.262 e. The molecule has 0 aromatic heterocycles. The first-order valence-electron chi connectivity index (χ1n) is 16.1. The number of nitrogens with zero attached hydrogens (tertiary/aromatic N) is 1. The Morgan fingerprint density at radius 3 is 1.89 bits per heavy atom. The second kappa shape index (κ2) is 11.3. The normalized spacial score (nSPS) is 15.3. The van der Waals surface area contributed by atoms with Gasteiger partial charge in [0.15, 0.2) is 0 Å². The van der Waals surface area contributed by atoms with Crippen LogP contribution in [0.1, 0.15) is 87.2 Å². The average Bonchev–Trinajstić information content (AvgIpc) is 3.24. The van der Waals surface area contributed by atoms with E-state index in [0.29, 0.717) is 27.8 Å². The quantitative estimate of drug-likeness (QED) is 0.146. The monoisotopic (exact) mass is 617 g/mol. The Morgan fingerprint density at radius 1 is 0.711 bits per heavy atom. The van der Waals surface area contributed by atoms with E-state index in [-0.39, 0.29) is 18.4 Å². The van der Waals surface area contributed by atoms with Gasteiger partial charge in [0.2, 0.25) is 0 Å². The molecule has 2 aliphatic heterocycles. The first kappa shape index (κ1) is 30.8. The van der Waals surface area contributed by atoms with Gasteiger partial charge in [0.25, 0.3) is 20.1 Å². The van der Waals surface area contributed by atoms with Crippen LogP contribution in [0.2, 0.25) is 16.6 Å². The number of carbonyl (C=O) groups excluding carboxylic acids is 2. The van der Waals surface area contributed by atoms with Crippen molar-refractivity contribution in [2.45, 2.75) is 84.2 Å². The van der Waals surface area contributed by atoms with Gasteiger partial charge in [-0.25, -0.2) is 0 Å². The fourth-order valence-electron chi connectivity index (χ4n) is 7.83.